The molecule has 0 spiro atoms. The van der Waals surface area contributed by atoms with Crippen LogP contribution in [-0.2, 0) is 0 Å². The molecule has 1 fully saturated rings. The third kappa shape index (κ3) is 2.98. The summed E-state index contributed by atoms with van der Waals surface area (Å²) in [5, 5.41) is 5.83. The Bertz CT molecular complexity index is 1140. The van der Waals surface area contributed by atoms with E-state index in [0.29, 0.717) is 27.9 Å². The molecule has 29 heavy (non-hydrogen) atoms. The second kappa shape index (κ2) is 7.17. The fourth-order valence-corrected chi connectivity index (χ4v) is 4.41. The van der Waals surface area contributed by atoms with Crippen molar-refractivity contribution in [3.8, 4) is 5.75 Å². The molecule has 1 unspecified atom stereocenters. The zero-order valence-corrected chi connectivity index (χ0v) is 17.5. The SMILES string of the molecule is [C-]#[N+]c1c(Cl)cc(C(C)n2nc(C)c3c(N)ncnc32)c(OC)c1C1CN(C)C1. The summed E-state index contributed by atoms with van der Waals surface area (Å²) in [4.78, 5) is 14.4. The van der Waals surface area contributed by atoms with Crippen molar-refractivity contribution in [2.24, 2.45) is 0 Å². The average molecular weight is 412 g/mol. The van der Waals surface area contributed by atoms with Crippen LogP contribution in [-0.4, -0.2) is 51.9 Å². The number of fused-ring (bicyclic) bond motifs is 1. The standard InChI is InChI=1S/C20H22ClN7O/c1-10-15-19(22)24-9-25-20(15)28(26-10)11(2)13-6-14(21)17(23-3)16(18(13)29-5)12-7-27(4)8-12/h6,9,11-12H,7-8H2,1-2,4-5H3,(H2,22,24,25). The van der Waals surface area contributed by atoms with Gasteiger partial charge in [0.25, 0.3) is 0 Å². The Morgan fingerprint density at radius 1 is 1.38 bits per heavy atom. The number of nitrogens with two attached hydrogens (primary N) is 1. The minimum Gasteiger partial charge on any atom is -0.497 e. The van der Waals surface area contributed by atoms with E-state index in [0.717, 1.165) is 35.3 Å². The van der Waals surface area contributed by atoms with Crippen LogP contribution in [0.1, 0.15) is 35.7 Å². The molecule has 8 nitrogen and oxygen atoms in total. The summed E-state index contributed by atoms with van der Waals surface area (Å²) >= 11 is 6.55. The molecular formula is C20H22ClN7O. The number of hydrogen-bond donors (Lipinski definition) is 1. The third-order valence-electron chi connectivity index (χ3n) is 5.57. The van der Waals surface area contributed by atoms with Crippen LogP contribution in [0.4, 0.5) is 11.5 Å². The van der Waals surface area contributed by atoms with E-state index in [2.05, 4.69) is 31.9 Å². The fourth-order valence-electron chi connectivity index (χ4n) is 4.15. The Morgan fingerprint density at radius 2 is 2.10 bits per heavy atom. The minimum atomic E-state index is -0.232. The number of ether oxygens (including phenoxy) is 1. The van der Waals surface area contributed by atoms with Gasteiger partial charge in [-0.1, -0.05) is 11.6 Å². The molecule has 1 aliphatic rings. The van der Waals surface area contributed by atoms with Gasteiger partial charge in [-0.25, -0.2) is 19.5 Å². The summed E-state index contributed by atoms with van der Waals surface area (Å²) in [6, 6.07) is 1.57. The summed E-state index contributed by atoms with van der Waals surface area (Å²) in [5.41, 5.74) is 9.65. The van der Waals surface area contributed by atoms with Crippen molar-refractivity contribution < 1.29 is 4.74 Å². The molecule has 1 saturated heterocycles. The number of hydrogen-bond acceptors (Lipinski definition) is 6. The van der Waals surface area contributed by atoms with Gasteiger partial charge in [0, 0.05) is 35.2 Å². The number of aromatic nitrogens is 4. The van der Waals surface area contributed by atoms with Crippen LogP contribution in [0.5, 0.6) is 5.75 Å². The maximum absolute atomic E-state index is 7.64. The van der Waals surface area contributed by atoms with Gasteiger partial charge in [-0.05, 0) is 27.0 Å². The number of nitrogen functional groups attached to an aromatic ring is 1. The van der Waals surface area contributed by atoms with Crippen molar-refractivity contribution in [1.82, 2.24) is 24.6 Å². The largest absolute Gasteiger partial charge is 0.497 e. The lowest BCUT2D eigenvalue weighted by molar-refractivity contribution is 0.187. The zero-order valence-electron chi connectivity index (χ0n) is 16.8. The number of benzene rings is 1. The van der Waals surface area contributed by atoms with Crippen molar-refractivity contribution in [3.05, 3.63) is 45.7 Å². The van der Waals surface area contributed by atoms with Gasteiger partial charge >= 0.3 is 0 Å². The minimum absolute atomic E-state index is 0.206. The van der Waals surface area contributed by atoms with E-state index >= 15 is 0 Å². The van der Waals surface area contributed by atoms with Crippen LogP contribution < -0.4 is 10.5 Å². The van der Waals surface area contributed by atoms with E-state index < -0.39 is 0 Å². The summed E-state index contributed by atoms with van der Waals surface area (Å²) in [7, 11) is 3.68. The highest BCUT2D eigenvalue weighted by Crippen LogP contribution is 2.47. The molecule has 2 aromatic heterocycles. The van der Waals surface area contributed by atoms with Gasteiger partial charge in [-0.15, -0.1) is 0 Å². The number of likely N-dealkylation sites (tertiary alicyclic amines) is 1. The van der Waals surface area contributed by atoms with Gasteiger partial charge in [-0.3, -0.25) is 0 Å². The normalized spacial score (nSPS) is 15.9. The van der Waals surface area contributed by atoms with E-state index in [1.54, 1.807) is 13.2 Å². The van der Waals surface area contributed by atoms with Gasteiger partial charge < -0.3 is 15.4 Å². The molecule has 2 N–H and O–H groups in total. The first kappa shape index (κ1) is 19.4. The topological polar surface area (TPSA) is 86.5 Å². The predicted octanol–water partition coefficient (Wildman–Crippen LogP) is 3.57. The molecule has 1 aliphatic heterocycles. The van der Waals surface area contributed by atoms with Crippen molar-refractivity contribution in [3.63, 3.8) is 0 Å². The number of aryl methyl sites for hydroxylation is 1. The molecule has 0 radical (unpaired) electrons. The number of halogens is 1. The summed E-state index contributed by atoms with van der Waals surface area (Å²) in [5.74, 6) is 1.30. The molecule has 1 atom stereocenters. The van der Waals surface area contributed by atoms with Gasteiger partial charge in [0.1, 0.15) is 17.9 Å². The van der Waals surface area contributed by atoms with Crippen LogP contribution in [0.3, 0.4) is 0 Å². The first-order chi connectivity index (χ1) is 13.9. The molecule has 9 heteroatoms. The predicted molar refractivity (Wildman–Crippen MR) is 113 cm³/mol. The van der Waals surface area contributed by atoms with Crippen LogP contribution in [0, 0.1) is 13.5 Å². The Labute approximate surface area is 174 Å². The van der Waals surface area contributed by atoms with E-state index in [1.165, 1.54) is 6.33 Å². The number of nitrogens with zero attached hydrogens (tertiary/aromatic N) is 6. The lowest BCUT2D eigenvalue weighted by atomic mass is 9.87. The smallest absolute Gasteiger partial charge is 0.212 e. The van der Waals surface area contributed by atoms with Gasteiger partial charge in [-0.2, -0.15) is 5.10 Å². The van der Waals surface area contributed by atoms with Crippen molar-refractivity contribution in [2.45, 2.75) is 25.8 Å². The molecule has 3 aromatic rings. The van der Waals surface area contributed by atoms with E-state index in [1.807, 2.05) is 18.5 Å². The maximum Gasteiger partial charge on any atom is 0.212 e. The first-order valence-corrected chi connectivity index (χ1v) is 9.66. The molecule has 0 amide bonds. The Morgan fingerprint density at radius 3 is 2.72 bits per heavy atom. The van der Waals surface area contributed by atoms with E-state index in [4.69, 9.17) is 28.6 Å². The number of methoxy groups -OCH3 is 1. The first-order valence-electron chi connectivity index (χ1n) is 9.28. The molecule has 4 rings (SSSR count). The summed E-state index contributed by atoms with van der Waals surface area (Å²) in [6.45, 7) is 13.3. The van der Waals surface area contributed by atoms with Crippen LogP contribution in [0.2, 0.25) is 5.02 Å². The Hall–Kier alpha value is -2.89. The van der Waals surface area contributed by atoms with Gasteiger partial charge in [0.2, 0.25) is 5.69 Å². The molecule has 150 valence electrons. The summed E-state index contributed by atoms with van der Waals surface area (Å²) < 4.78 is 7.64. The maximum atomic E-state index is 7.64. The lowest BCUT2D eigenvalue weighted by Gasteiger charge is -2.38. The lowest BCUT2D eigenvalue weighted by Crippen LogP contribution is -2.42. The highest BCUT2D eigenvalue weighted by atomic mass is 35.5. The van der Waals surface area contributed by atoms with E-state index in [9.17, 15) is 0 Å². The quantitative estimate of drug-likeness (QED) is 0.660. The Balaban J connectivity index is 1.92. The highest BCUT2D eigenvalue weighted by molar-refractivity contribution is 6.33. The van der Waals surface area contributed by atoms with Crippen molar-refractivity contribution in [2.75, 3.05) is 33.0 Å². The molecular weight excluding hydrogens is 390 g/mol. The van der Waals surface area contributed by atoms with Crippen LogP contribution in [0.15, 0.2) is 12.4 Å². The highest BCUT2D eigenvalue weighted by Gasteiger charge is 2.33. The van der Waals surface area contributed by atoms with Gasteiger partial charge in [0.05, 0.1) is 30.8 Å². The van der Waals surface area contributed by atoms with E-state index in [-0.39, 0.29) is 12.0 Å². The van der Waals surface area contributed by atoms with Gasteiger partial charge in [0.15, 0.2) is 5.65 Å². The zero-order chi connectivity index (χ0) is 20.9. The van der Waals surface area contributed by atoms with Crippen molar-refractivity contribution >= 4 is 34.1 Å². The van der Waals surface area contributed by atoms with Crippen LogP contribution >= 0.6 is 11.6 Å². The Kier molecular flexibility index (Phi) is 4.81. The second-order valence-electron chi connectivity index (χ2n) is 7.44. The van der Waals surface area contributed by atoms with Crippen LogP contribution in [0.25, 0.3) is 15.9 Å². The average Bonchev–Trinajstić information content (AvgIpc) is 3.02. The number of likely N-dealkylation sites (N-methyl/N-ethyl adjacent to an activating group) is 1. The molecule has 1 aromatic carbocycles. The molecule has 0 saturated carbocycles. The molecule has 3 heterocycles. The second-order valence-corrected chi connectivity index (χ2v) is 7.84. The fraction of sp³-hybridized carbons (Fsp3) is 0.400. The summed E-state index contributed by atoms with van der Waals surface area (Å²) in [6.07, 6.45) is 1.43. The van der Waals surface area contributed by atoms with Crippen molar-refractivity contribution in [1.29, 1.82) is 0 Å². The molecule has 0 aliphatic carbocycles. The molecule has 0 bridgehead atoms. The number of anilines is 1. The monoisotopic (exact) mass is 411 g/mol. The number of rotatable bonds is 4. The third-order valence-corrected chi connectivity index (χ3v) is 5.86.